The third-order valence-electron chi connectivity index (χ3n) is 2.87. The molecule has 0 saturated heterocycles. The van der Waals surface area contributed by atoms with Gasteiger partial charge >= 0.3 is 0 Å². The number of aryl methyl sites for hydroxylation is 2. The Balaban J connectivity index is 2.70. The predicted octanol–water partition coefficient (Wildman–Crippen LogP) is 3.64. The number of nitrogens with two attached hydrogens (primary N) is 1. The summed E-state index contributed by atoms with van der Waals surface area (Å²) in [5.74, 6) is 0.151. The summed E-state index contributed by atoms with van der Waals surface area (Å²) in [6, 6.07) is 5.91. The molecule has 18 heavy (non-hydrogen) atoms. The Labute approximate surface area is 111 Å². The van der Waals surface area contributed by atoms with Gasteiger partial charge in [-0.2, -0.15) is 0 Å². The van der Waals surface area contributed by atoms with Crippen molar-refractivity contribution in [3.8, 4) is 0 Å². The molecule has 0 aliphatic heterocycles. The quantitative estimate of drug-likeness (QED) is 0.825. The lowest BCUT2D eigenvalue weighted by Gasteiger charge is -2.22. The van der Waals surface area contributed by atoms with Gasteiger partial charge in [-0.25, -0.2) is 0 Å². The molecule has 0 spiro atoms. The molecule has 1 rings (SSSR count). The van der Waals surface area contributed by atoms with Crippen molar-refractivity contribution in [1.29, 1.82) is 0 Å². The van der Waals surface area contributed by atoms with E-state index in [2.05, 4.69) is 26.8 Å². The van der Waals surface area contributed by atoms with Crippen LogP contribution in [0.1, 0.15) is 55.1 Å². The zero-order valence-corrected chi connectivity index (χ0v) is 12.2. The van der Waals surface area contributed by atoms with Crippen molar-refractivity contribution in [1.82, 2.24) is 0 Å². The largest absolute Gasteiger partial charge is 0.327 e. The van der Waals surface area contributed by atoms with Crippen LogP contribution >= 0.6 is 0 Å². The molecule has 0 aliphatic rings. The molecule has 0 aromatic heterocycles. The van der Waals surface area contributed by atoms with Crippen LogP contribution in [0, 0.1) is 19.3 Å². The van der Waals surface area contributed by atoms with E-state index in [1.54, 1.807) is 0 Å². The van der Waals surface area contributed by atoms with Crippen LogP contribution in [-0.2, 0) is 0 Å². The van der Waals surface area contributed by atoms with Gasteiger partial charge in [0.25, 0.3) is 0 Å². The molecule has 0 radical (unpaired) electrons. The smallest absolute Gasteiger partial charge is 0.164 e. The minimum atomic E-state index is -0.0571. The van der Waals surface area contributed by atoms with E-state index in [4.69, 9.17) is 5.73 Å². The normalized spacial score (nSPS) is 13.4. The van der Waals surface area contributed by atoms with E-state index < -0.39 is 0 Å². The molecule has 2 N–H and O–H groups in total. The topological polar surface area (TPSA) is 43.1 Å². The lowest BCUT2D eigenvalue weighted by atomic mass is 9.86. The summed E-state index contributed by atoms with van der Waals surface area (Å²) < 4.78 is 0. The summed E-state index contributed by atoms with van der Waals surface area (Å²) >= 11 is 0. The second-order valence-electron chi connectivity index (χ2n) is 6.53. The Morgan fingerprint density at radius 3 is 2.11 bits per heavy atom. The average Bonchev–Trinajstić information content (AvgIpc) is 2.12. The summed E-state index contributed by atoms with van der Waals surface area (Å²) in [6.45, 7) is 10.5. The molecule has 1 aromatic rings. The fraction of sp³-hybridized carbons (Fsp3) is 0.562. The van der Waals surface area contributed by atoms with Crippen LogP contribution in [0.25, 0.3) is 0 Å². The number of benzene rings is 1. The minimum Gasteiger partial charge on any atom is -0.327 e. The fourth-order valence-corrected chi connectivity index (χ4v) is 2.35. The van der Waals surface area contributed by atoms with Crippen molar-refractivity contribution in [3.05, 3.63) is 34.9 Å². The molecule has 2 nitrogen and oxygen atoms in total. The molecule has 1 unspecified atom stereocenters. The van der Waals surface area contributed by atoms with E-state index in [9.17, 15) is 4.79 Å². The highest BCUT2D eigenvalue weighted by atomic mass is 16.1. The molecule has 0 amide bonds. The highest BCUT2D eigenvalue weighted by Gasteiger charge is 2.19. The van der Waals surface area contributed by atoms with Crippen LogP contribution in [-0.4, -0.2) is 11.8 Å². The van der Waals surface area contributed by atoms with Crippen molar-refractivity contribution >= 4 is 5.78 Å². The maximum Gasteiger partial charge on any atom is 0.164 e. The van der Waals surface area contributed by atoms with Crippen LogP contribution in [0.5, 0.6) is 0 Å². The van der Waals surface area contributed by atoms with Gasteiger partial charge in [-0.05, 0) is 37.8 Å². The van der Waals surface area contributed by atoms with E-state index in [-0.39, 0.29) is 17.2 Å². The molecule has 1 aromatic carbocycles. The van der Waals surface area contributed by atoms with Crippen LogP contribution < -0.4 is 5.73 Å². The maximum absolute atomic E-state index is 12.2. The van der Waals surface area contributed by atoms with Gasteiger partial charge in [0.2, 0.25) is 0 Å². The highest BCUT2D eigenvalue weighted by molar-refractivity contribution is 5.96. The monoisotopic (exact) mass is 247 g/mol. The number of hydrogen-bond donors (Lipinski definition) is 1. The third-order valence-corrected chi connectivity index (χ3v) is 2.87. The van der Waals surface area contributed by atoms with E-state index in [1.807, 2.05) is 26.0 Å². The van der Waals surface area contributed by atoms with E-state index in [0.29, 0.717) is 6.42 Å². The van der Waals surface area contributed by atoms with Gasteiger partial charge in [-0.15, -0.1) is 0 Å². The molecule has 100 valence electrons. The highest BCUT2D eigenvalue weighted by Crippen LogP contribution is 2.22. The van der Waals surface area contributed by atoms with Crippen molar-refractivity contribution in [2.45, 2.75) is 53.5 Å². The second kappa shape index (κ2) is 5.66. The molecule has 0 fully saturated rings. The Hall–Kier alpha value is -1.15. The Bertz CT molecular complexity index is 409. The Kier molecular flexibility index (Phi) is 4.69. The number of ketones is 1. The zero-order valence-electron chi connectivity index (χ0n) is 12.2. The standard InChI is InChI=1S/C16H25NO/c1-11-6-12(2)8-13(7-11)15(18)9-14(17)10-16(3,4)5/h6-8,14H,9-10,17H2,1-5H3. The molecular formula is C16H25NO. The number of Topliss-reactive ketones (excluding diaryl/α,β-unsaturated/α-hetero) is 1. The van der Waals surface area contributed by atoms with Gasteiger partial charge in [0, 0.05) is 18.0 Å². The first kappa shape index (κ1) is 14.9. The second-order valence-corrected chi connectivity index (χ2v) is 6.53. The molecule has 0 aliphatic carbocycles. The average molecular weight is 247 g/mol. The number of carbonyl (C=O) groups excluding carboxylic acids is 1. The van der Waals surface area contributed by atoms with Gasteiger partial charge in [0.15, 0.2) is 5.78 Å². The summed E-state index contributed by atoms with van der Waals surface area (Å²) in [7, 11) is 0. The molecular weight excluding hydrogens is 222 g/mol. The number of rotatable bonds is 4. The minimum absolute atomic E-state index is 0.0571. The van der Waals surface area contributed by atoms with Gasteiger partial charge in [-0.3, -0.25) is 4.79 Å². The predicted molar refractivity (Wildman–Crippen MR) is 76.9 cm³/mol. The van der Waals surface area contributed by atoms with E-state index >= 15 is 0 Å². The van der Waals surface area contributed by atoms with Gasteiger partial charge in [-0.1, -0.05) is 38.0 Å². The maximum atomic E-state index is 12.2. The van der Waals surface area contributed by atoms with E-state index in [0.717, 1.165) is 23.1 Å². The summed E-state index contributed by atoms with van der Waals surface area (Å²) in [6.07, 6.45) is 1.30. The first-order chi connectivity index (χ1) is 8.17. The summed E-state index contributed by atoms with van der Waals surface area (Å²) in [4.78, 5) is 12.2. The van der Waals surface area contributed by atoms with Gasteiger partial charge in [0.05, 0.1) is 0 Å². The third kappa shape index (κ3) is 5.01. The lowest BCUT2D eigenvalue weighted by molar-refractivity contribution is 0.0968. The van der Waals surface area contributed by atoms with Crippen molar-refractivity contribution in [2.75, 3.05) is 0 Å². The molecule has 0 heterocycles. The molecule has 1 atom stereocenters. The van der Waals surface area contributed by atoms with Crippen LogP contribution in [0.4, 0.5) is 0 Å². The van der Waals surface area contributed by atoms with Crippen LogP contribution in [0.2, 0.25) is 0 Å². The SMILES string of the molecule is Cc1cc(C)cc(C(=O)CC(N)CC(C)(C)C)c1. The van der Waals surface area contributed by atoms with Crippen molar-refractivity contribution in [2.24, 2.45) is 11.1 Å². The number of hydrogen-bond acceptors (Lipinski definition) is 2. The molecule has 0 saturated carbocycles. The first-order valence-corrected chi connectivity index (χ1v) is 6.54. The van der Waals surface area contributed by atoms with Crippen LogP contribution in [0.3, 0.4) is 0 Å². The summed E-state index contributed by atoms with van der Waals surface area (Å²) in [5.41, 5.74) is 9.27. The molecule has 2 heteroatoms. The van der Waals surface area contributed by atoms with Gasteiger partial charge in [0.1, 0.15) is 0 Å². The van der Waals surface area contributed by atoms with Crippen molar-refractivity contribution < 1.29 is 4.79 Å². The Morgan fingerprint density at radius 2 is 1.67 bits per heavy atom. The first-order valence-electron chi connectivity index (χ1n) is 6.54. The zero-order chi connectivity index (χ0) is 13.9. The van der Waals surface area contributed by atoms with Gasteiger partial charge < -0.3 is 5.73 Å². The van der Waals surface area contributed by atoms with E-state index in [1.165, 1.54) is 0 Å². The Morgan fingerprint density at radius 1 is 1.17 bits per heavy atom. The molecule has 0 bridgehead atoms. The van der Waals surface area contributed by atoms with Crippen molar-refractivity contribution in [3.63, 3.8) is 0 Å². The lowest BCUT2D eigenvalue weighted by Crippen LogP contribution is -2.29. The number of carbonyl (C=O) groups is 1. The summed E-state index contributed by atoms with van der Waals surface area (Å²) in [5, 5.41) is 0. The fourth-order valence-electron chi connectivity index (χ4n) is 2.35. The van der Waals surface area contributed by atoms with Crippen LogP contribution in [0.15, 0.2) is 18.2 Å².